The second kappa shape index (κ2) is 18.9. The van der Waals surface area contributed by atoms with Gasteiger partial charge in [-0.1, -0.05) is 61.5 Å². The predicted octanol–water partition coefficient (Wildman–Crippen LogP) is 9.08. The average molecular weight is 802 g/mol. The summed E-state index contributed by atoms with van der Waals surface area (Å²) in [7, 11) is 0. The molecule has 10 heteroatoms. The van der Waals surface area contributed by atoms with Gasteiger partial charge in [-0.3, -0.25) is 14.6 Å². The van der Waals surface area contributed by atoms with Crippen molar-refractivity contribution in [3.05, 3.63) is 12.2 Å². The predicted molar refractivity (Wildman–Crippen MR) is 223 cm³/mol. The monoisotopic (exact) mass is 802 g/mol. The van der Waals surface area contributed by atoms with E-state index in [1.54, 1.807) is 6.08 Å². The van der Waals surface area contributed by atoms with Gasteiger partial charge in [0.1, 0.15) is 5.78 Å². The number of ketones is 1. The molecule has 326 valence electrons. The molecule has 0 aromatic carbocycles. The Morgan fingerprint density at radius 3 is 2.21 bits per heavy atom. The van der Waals surface area contributed by atoms with Crippen molar-refractivity contribution >= 4 is 18.0 Å². The number of ether oxygens (including phenoxy) is 4. The van der Waals surface area contributed by atoms with Crippen LogP contribution >= 0.6 is 0 Å². The maximum absolute atomic E-state index is 14.0. The summed E-state index contributed by atoms with van der Waals surface area (Å²) in [6.45, 7) is 20.6. The minimum atomic E-state index is -1.57. The molecule has 0 bridgehead atoms. The Kier molecular flexibility index (Phi) is 15.4. The number of nitrogens with zero attached hydrogens (tertiary/aromatic N) is 1. The highest BCUT2D eigenvalue weighted by Crippen LogP contribution is 2.53. The van der Waals surface area contributed by atoms with Gasteiger partial charge in [0.25, 0.3) is 0 Å². The van der Waals surface area contributed by atoms with Gasteiger partial charge < -0.3 is 34.3 Å². The molecule has 4 aliphatic heterocycles. The summed E-state index contributed by atoms with van der Waals surface area (Å²) in [6, 6.07) is 0.326. The van der Waals surface area contributed by atoms with E-state index in [0.717, 1.165) is 38.5 Å². The Morgan fingerprint density at radius 2 is 1.61 bits per heavy atom. The molecule has 0 aromatic heterocycles. The molecule has 5 aliphatic rings. The Labute approximate surface area is 344 Å². The van der Waals surface area contributed by atoms with Crippen LogP contribution in [0.1, 0.15) is 166 Å². The van der Waals surface area contributed by atoms with Gasteiger partial charge in [0.15, 0.2) is 11.6 Å². The standard InChI is InChI=1S/C47H79NO9/c1-11-35(41(49)31(6)27-32(7)42-30(5)17-18-39(55-42)38(12-2)43(50)51)26-29(4)25-33(8)46(53)22-19-36(28-48-37-15-14-16-37)47(57-46)24-23-44(10,56-47)40-20-21-45(52,13-3)34(9)54-40/h19,22,28-40,42,52-53H,11-18,20-21,23-27H2,1-10H3,(H,50,51)/t29-,30-,31-,32-,33+,34-,35+,36?,38?,39+,40+,42?,44-,45+,46-,47-/m0/s1. The number of hydrogen-bond donors (Lipinski definition) is 3. The second-order valence-electron chi connectivity index (χ2n) is 19.8. The number of Topliss-reactive ketones (excluding diaryl/α,β-unsaturated/α-hetero) is 1. The summed E-state index contributed by atoms with van der Waals surface area (Å²) < 4.78 is 26.9. The maximum Gasteiger partial charge on any atom is 0.309 e. The van der Waals surface area contributed by atoms with Crippen molar-refractivity contribution in [2.75, 3.05) is 0 Å². The Morgan fingerprint density at radius 1 is 0.895 bits per heavy atom. The number of carboxylic acid groups (broad SMARTS) is 1. The van der Waals surface area contributed by atoms with Crippen LogP contribution in [0.3, 0.4) is 0 Å². The van der Waals surface area contributed by atoms with E-state index in [-0.39, 0.29) is 65.7 Å². The lowest BCUT2D eigenvalue weighted by molar-refractivity contribution is -0.369. The van der Waals surface area contributed by atoms with Gasteiger partial charge in [0.2, 0.25) is 0 Å². The molecule has 3 saturated heterocycles. The third-order valence-electron chi connectivity index (χ3n) is 15.4. The van der Waals surface area contributed by atoms with Crippen LogP contribution in [-0.2, 0) is 28.5 Å². The van der Waals surface area contributed by atoms with Gasteiger partial charge in [0.05, 0.1) is 47.5 Å². The van der Waals surface area contributed by atoms with Crippen LogP contribution in [0.15, 0.2) is 17.1 Å². The zero-order valence-electron chi connectivity index (χ0n) is 37.1. The molecule has 0 amide bonds. The van der Waals surface area contributed by atoms with E-state index in [0.29, 0.717) is 63.3 Å². The minimum absolute atomic E-state index is 0.0644. The number of aliphatic imine (C=N–C) groups is 1. The fourth-order valence-electron chi connectivity index (χ4n) is 11.0. The molecule has 0 radical (unpaired) electrons. The number of carbonyl (C=O) groups is 2. The summed E-state index contributed by atoms with van der Waals surface area (Å²) in [5.41, 5.74) is -1.50. The first-order valence-electron chi connectivity index (χ1n) is 23.0. The lowest BCUT2D eigenvalue weighted by Gasteiger charge is -2.49. The van der Waals surface area contributed by atoms with Gasteiger partial charge in [0, 0.05) is 36.4 Å². The quantitative estimate of drug-likeness (QED) is 0.0914. The molecule has 57 heavy (non-hydrogen) atoms. The zero-order chi connectivity index (χ0) is 41.9. The van der Waals surface area contributed by atoms with Crippen molar-refractivity contribution in [2.45, 2.75) is 219 Å². The molecular formula is C47H79NO9. The van der Waals surface area contributed by atoms with Crippen LogP contribution in [0.5, 0.6) is 0 Å². The first-order chi connectivity index (χ1) is 26.8. The lowest BCUT2D eigenvalue weighted by Crippen LogP contribution is -2.58. The van der Waals surface area contributed by atoms with Gasteiger partial charge in [-0.05, 0) is 128 Å². The van der Waals surface area contributed by atoms with E-state index >= 15 is 0 Å². The van der Waals surface area contributed by atoms with Crippen LogP contribution in [0.25, 0.3) is 0 Å². The summed E-state index contributed by atoms with van der Waals surface area (Å²) in [4.78, 5) is 30.8. The largest absolute Gasteiger partial charge is 0.481 e. The third-order valence-corrected chi connectivity index (χ3v) is 15.4. The summed E-state index contributed by atoms with van der Waals surface area (Å²) in [5.74, 6) is -3.85. The minimum Gasteiger partial charge on any atom is -0.481 e. The van der Waals surface area contributed by atoms with E-state index in [1.165, 1.54) is 6.42 Å². The van der Waals surface area contributed by atoms with Crippen molar-refractivity contribution in [2.24, 2.45) is 52.3 Å². The Bertz CT molecular complexity index is 1420. The van der Waals surface area contributed by atoms with Crippen LogP contribution < -0.4 is 0 Å². The van der Waals surface area contributed by atoms with E-state index in [2.05, 4.69) is 34.6 Å². The first-order valence-corrected chi connectivity index (χ1v) is 23.0. The SMILES string of the molecule is CCC(C(=O)O)[C@H]1CC[C@H](C)C([C@@H](C)C[C@H](C)C(=O)[C@H](CC)C[C@@H](C)C[C@@H](C)[C@]2(O)C=CC(C=NC3CCC3)[C@]3(CC[C@@](C)([C@H]4CC[C@](O)(CC)[C@H](C)O4)O3)O2)O1. The smallest absolute Gasteiger partial charge is 0.309 e. The van der Waals surface area contributed by atoms with E-state index < -0.39 is 34.7 Å². The Hall–Kier alpha value is -1.69. The van der Waals surface area contributed by atoms with Crippen molar-refractivity contribution in [3.63, 3.8) is 0 Å². The van der Waals surface area contributed by atoms with Gasteiger partial charge in [-0.25, -0.2) is 0 Å². The normalized spacial score (nSPS) is 40.7. The molecule has 1 saturated carbocycles. The summed E-state index contributed by atoms with van der Waals surface area (Å²) in [6.07, 6.45) is 16.7. The number of aliphatic hydroxyl groups is 2. The lowest BCUT2D eigenvalue weighted by atomic mass is 9.76. The number of hydrogen-bond acceptors (Lipinski definition) is 9. The Balaban J connectivity index is 1.22. The molecule has 16 atom stereocenters. The van der Waals surface area contributed by atoms with Crippen molar-refractivity contribution in [1.29, 1.82) is 0 Å². The van der Waals surface area contributed by atoms with Crippen LogP contribution in [0.2, 0.25) is 0 Å². The molecule has 4 fully saturated rings. The van der Waals surface area contributed by atoms with Crippen LogP contribution in [-0.4, -0.2) is 86.5 Å². The molecule has 1 spiro atoms. The topological polar surface area (TPSA) is 144 Å². The van der Waals surface area contributed by atoms with E-state index in [4.69, 9.17) is 23.9 Å². The van der Waals surface area contributed by atoms with Crippen LogP contribution in [0.4, 0.5) is 0 Å². The molecule has 0 aromatic rings. The van der Waals surface area contributed by atoms with Gasteiger partial charge in [-0.2, -0.15) is 0 Å². The van der Waals surface area contributed by atoms with E-state index in [1.807, 2.05) is 46.9 Å². The number of carbonyl (C=O) groups excluding carboxylic acids is 1. The highest BCUT2D eigenvalue weighted by molar-refractivity contribution is 5.83. The summed E-state index contributed by atoms with van der Waals surface area (Å²) in [5, 5.41) is 33.2. The van der Waals surface area contributed by atoms with Crippen LogP contribution in [0, 0.1) is 47.3 Å². The first kappa shape index (κ1) is 46.4. The molecule has 3 unspecified atom stereocenters. The number of carboxylic acids is 1. The average Bonchev–Trinajstić information content (AvgIpc) is 3.48. The van der Waals surface area contributed by atoms with E-state index in [9.17, 15) is 24.9 Å². The number of rotatable bonds is 18. The molecule has 10 nitrogen and oxygen atoms in total. The molecule has 4 heterocycles. The van der Waals surface area contributed by atoms with Crippen molar-refractivity contribution < 1.29 is 43.9 Å². The fourth-order valence-corrected chi connectivity index (χ4v) is 11.0. The fraction of sp³-hybridized carbons (Fsp3) is 0.894. The third kappa shape index (κ3) is 10.3. The molecular weight excluding hydrogens is 723 g/mol. The van der Waals surface area contributed by atoms with Gasteiger partial charge in [-0.15, -0.1) is 0 Å². The highest BCUT2D eigenvalue weighted by Gasteiger charge is 2.60. The van der Waals surface area contributed by atoms with Crippen molar-refractivity contribution in [3.8, 4) is 0 Å². The molecule has 3 N–H and O–H groups in total. The molecule has 5 rings (SSSR count). The second-order valence-corrected chi connectivity index (χ2v) is 19.8. The van der Waals surface area contributed by atoms with Gasteiger partial charge >= 0.3 is 5.97 Å². The zero-order valence-corrected chi connectivity index (χ0v) is 37.1. The highest BCUT2D eigenvalue weighted by atomic mass is 16.8. The number of aliphatic carboxylic acids is 1. The maximum atomic E-state index is 14.0. The summed E-state index contributed by atoms with van der Waals surface area (Å²) >= 11 is 0. The van der Waals surface area contributed by atoms with Crippen molar-refractivity contribution in [1.82, 2.24) is 0 Å². The molecule has 1 aliphatic carbocycles.